The van der Waals surface area contributed by atoms with Gasteiger partial charge in [-0.2, -0.15) is 5.10 Å². The lowest BCUT2D eigenvalue weighted by Crippen LogP contribution is -2.20. The highest BCUT2D eigenvalue weighted by Crippen LogP contribution is 2.37. The van der Waals surface area contributed by atoms with Crippen molar-refractivity contribution < 1.29 is 33.4 Å². The lowest BCUT2D eigenvalue weighted by molar-refractivity contribution is -0.140. The summed E-state index contributed by atoms with van der Waals surface area (Å²) < 4.78 is 20.7. The molecule has 0 bridgehead atoms. The number of amides is 2. The van der Waals surface area contributed by atoms with Crippen LogP contribution in [0.3, 0.4) is 0 Å². The van der Waals surface area contributed by atoms with Gasteiger partial charge < -0.3 is 24.5 Å². The fraction of sp³-hybridized carbons (Fsp3) is 0.353. The number of thiophene rings is 1. The number of nitrogens with one attached hydrogen (secondary N) is 1. The number of carbonyl (C=O) groups is 4. The molecule has 5 rings (SSSR count). The molecule has 0 atom stereocenters. The van der Waals surface area contributed by atoms with E-state index in [4.69, 9.17) is 15.2 Å². The second-order valence-corrected chi connectivity index (χ2v) is 12.2. The van der Waals surface area contributed by atoms with Crippen LogP contribution in [0.25, 0.3) is 21.1 Å². The molecule has 0 aliphatic heterocycles. The molecule has 13 nitrogen and oxygen atoms in total. The van der Waals surface area contributed by atoms with Crippen LogP contribution in [0, 0.1) is 6.92 Å². The molecule has 0 saturated carbocycles. The maximum Gasteiger partial charge on any atom is 0.305 e. The number of unbranched alkanes of at least 4 members (excludes halogenated alkanes) is 2. The topological polar surface area (TPSA) is 170 Å². The zero-order valence-electron chi connectivity index (χ0n) is 27.3. The molecule has 0 spiro atoms. The van der Waals surface area contributed by atoms with Crippen molar-refractivity contribution in [1.82, 2.24) is 19.3 Å². The van der Waals surface area contributed by atoms with Crippen LogP contribution in [0.15, 0.2) is 42.5 Å². The molecule has 14 heteroatoms. The highest BCUT2D eigenvalue weighted by molar-refractivity contribution is 7.20. The second-order valence-electron chi connectivity index (χ2n) is 11.2. The Morgan fingerprint density at radius 1 is 0.979 bits per heavy atom. The van der Waals surface area contributed by atoms with Crippen molar-refractivity contribution in [3.8, 4) is 11.5 Å². The monoisotopic (exact) mass is 674 g/mol. The molecule has 3 heterocycles. The van der Waals surface area contributed by atoms with Gasteiger partial charge in [0.05, 0.1) is 48.9 Å². The number of ether oxygens (including phenoxy) is 3. The first-order chi connectivity index (χ1) is 23.1. The summed E-state index contributed by atoms with van der Waals surface area (Å²) in [6.07, 6.45) is 2.45. The minimum atomic E-state index is -0.557. The van der Waals surface area contributed by atoms with E-state index < -0.39 is 11.9 Å². The number of benzene rings is 2. The van der Waals surface area contributed by atoms with Crippen LogP contribution in [-0.2, 0) is 22.6 Å². The Morgan fingerprint density at radius 3 is 2.52 bits per heavy atom. The van der Waals surface area contributed by atoms with Gasteiger partial charge >= 0.3 is 5.97 Å². The summed E-state index contributed by atoms with van der Waals surface area (Å²) in [5.74, 6) is 0.0912. The minimum Gasteiger partial charge on any atom is -0.493 e. The third-order valence-corrected chi connectivity index (χ3v) is 8.98. The summed E-state index contributed by atoms with van der Waals surface area (Å²) >= 11 is 1.35. The highest BCUT2D eigenvalue weighted by Gasteiger charge is 2.19. The Morgan fingerprint density at radius 2 is 1.79 bits per heavy atom. The number of anilines is 1. The van der Waals surface area contributed by atoms with Crippen LogP contribution < -0.4 is 20.5 Å². The predicted octanol–water partition coefficient (Wildman–Crippen LogP) is 5.52. The Kier molecular flexibility index (Phi) is 10.7. The van der Waals surface area contributed by atoms with Crippen LogP contribution >= 0.6 is 11.3 Å². The van der Waals surface area contributed by atoms with E-state index in [1.165, 1.54) is 18.4 Å². The minimum absolute atomic E-state index is 0.0373. The van der Waals surface area contributed by atoms with Crippen molar-refractivity contribution in [1.29, 1.82) is 0 Å². The lowest BCUT2D eigenvalue weighted by atomic mass is 10.1. The Bertz CT molecular complexity index is 1990. The number of hydrogen-bond donors (Lipinski definition) is 2. The number of methoxy groups -OCH3 is 2. The number of rotatable bonds is 16. The van der Waals surface area contributed by atoms with Gasteiger partial charge in [0, 0.05) is 35.8 Å². The summed E-state index contributed by atoms with van der Waals surface area (Å²) in [7, 11) is 2.87. The maximum absolute atomic E-state index is 13.2. The van der Waals surface area contributed by atoms with Gasteiger partial charge in [-0.3, -0.25) is 29.2 Å². The number of aryl methyl sites for hydroxylation is 3. The first kappa shape index (κ1) is 34.1. The van der Waals surface area contributed by atoms with Crippen LogP contribution in [0.5, 0.6) is 11.5 Å². The fourth-order valence-corrected chi connectivity index (χ4v) is 6.41. The third kappa shape index (κ3) is 7.65. The lowest BCUT2D eigenvalue weighted by Gasteiger charge is -2.12. The first-order valence-electron chi connectivity index (χ1n) is 15.6. The molecule has 252 valence electrons. The van der Waals surface area contributed by atoms with E-state index in [1.807, 2.05) is 30.5 Å². The molecule has 3 aromatic heterocycles. The van der Waals surface area contributed by atoms with Crippen molar-refractivity contribution in [2.45, 2.75) is 59.0 Å². The molecule has 0 aliphatic carbocycles. The van der Waals surface area contributed by atoms with Crippen molar-refractivity contribution in [3.63, 3.8) is 0 Å². The Labute approximate surface area is 281 Å². The van der Waals surface area contributed by atoms with Crippen LogP contribution in [0.1, 0.15) is 75.2 Å². The highest BCUT2D eigenvalue weighted by atomic mass is 32.1. The molecule has 0 aliphatic rings. The molecule has 48 heavy (non-hydrogen) atoms. The number of carbonyl (C=O) groups excluding carboxylic acids is 4. The number of nitrogens with zero attached hydrogens (tertiary/aromatic N) is 4. The molecule has 2 amide bonds. The molecule has 5 aromatic rings. The van der Waals surface area contributed by atoms with Crippen LogP contribution in [0.2, 0.25) is 0 Å². The summed E-state index contributed by atoms with van der Waals surface area (Å²) in [6, 6.07) is 12.3. The van der Waals surface area contributed by atoms with Crippen molar-refractivity contribution in [3.05, 3.63) is 64.3 Å². The van der Waals surface area contributed by atoms with Crippen molar-refractivity contribution in [2.24, 2.45) is 5.73 Å². The van der Waals surface area contributed by atoms with Crippen molar-refractivity contribution >= 4 is 62.0 Å². The van der Waals surface area contributed by atoms with Crippen LogP contribution in [0.4, 0.5) is 5.95 Å². The number of nitrogens with two attached hydrogens (primary N) is 1. The molecule has 0 radical (unpaired) electrons. The zero-order valence-corrected chi connectivity index (χ0v) is 28.1. The molecule has 2 aromatic carbocycles. The number of imidazole rings is 1. The number of hydrogen-bond acceptors (Lipinski definition) is 10. The van der Waals surface area contributed by atoms with Gasteiger partial charge in [0.2, 0.25) is 11.9 Å². The SMILES string of the molecule is CCn1nc(C)cc1C(=O)Nc1nc2cc(C(N)=O)ccc2n1CCCCCOc1cc2cc(C(=O)CCC(=O)OC)sc2cc1OC. The predicted molar refractivity (Wildman–Crippen MR) is 182 cm³/mol. The molecular formula is C34H38N6O7S. The first-order valence-corrected chi connectivity index (χ1v) is 16.4. The van der Waals surface area contributed by atoms with E-state index in [9.17, 15) is 19.2 Å². The van der Waals surface area contributed by atoms with Gasteiger partial charge in [0.25, 0.3) is 5.91 Å². The molecule has 0 saturated heterocycles. The Balaban J connectivity index is 1.23. The van der Waals surface area contributed by atoms with Gasteiger partial charge in [0.15, 0.2) is 17.3 Å². The molecule has 0 fully saturated rings. The van der Waals surface area contributed by atoms with E-state index in [2.05, 4.69) is 20.1 Å². The van der Waals surface area contributed by atoms with Crippen molar-refractivity contribution in [2.75, 3.05) is 26.1 Å². The zero-order chi connectivity index (χ0) is 34.4. The molecule has 3 N–H and O–H groups in total. The van der Waals surface area contributed by atoms with E-state index in [1.54, 1.807) is 42.1 Å². The number of Topliss-reactive ketones (excluding diaryl/α,β-unsaturated/α-hetero) is 1. The average molecular weight is 675 g/mol. The maximum atomic E-state index is 13.2. The fourth-order valence-electron chi connectivity index (χ4n) is 5.37. The van der Waals surface area contributed by atoms with Crippen LogP contribution in [-0.4, -0.2) is 63.7 Å². The summed E-state index contributed by atoms with van der Waals surface area (Å²) in [5, 5.41) is 8.16. The Hall–Kier alpha value is -5.24. The third-order valence-electron chi connectivity index (χ3n) is 7.84. The second kappa shape index (κ2) is 15.1. The number of primary amides is 1. The van der Waals surface area contributed by atoms with E-state index in [0.29, 0.717) is 58.8 Å². The average Bonchev–Trinajstić information content (AvgIpc) is 3.78. The standard InChI is InChI=1S/C34H38N6O7S/c1-5-40-25(15-20(2)38-40)33(44)37-34-36-23-16-21(32(35)43)9-10-24(23)39(34)13-7-6-8-14-47-28-17-22-18-30(26(41)11-12-31(42)46-4)48-29(22)19-27(28)45-3/h9-10,15-19H,5-8,11-14H2,1-4H3,(H2,35,43)(H,36,37,44). The van der Waals surface area contributed by atoms with Gasteiger partial charge in [-0.25, -0.2) is 4.98 Å². The largest absolute Gasteiger partial charge is 0.493 e. The number of esters is 1. The quantitative estimate of drug-likeness (QED) is 0.0777. The smallest absolute Gasteiger partial charge is 0.305 e. The molecule has 0 unspecified atom stereocenters. The van der Waals surface area contributed by atoms with Gasteiger partial charge in [-0.05, 0) is 74.9 Å². The van der Waals surface area contributed by atoms with E-state index in [-0.39, 0.29) is 24.5 Å². The normalized spacial score (nSPS) is 11.2. The number of ketones is 1. The van der Waals surface area contributed by atoms with E-state index >= 15 is 0 Å². The summed E-state index contributed by atoms with van der Waals surface area (Å²) in [4.78, 5) is 54.3. The summed E-state index contributed by atoms with van der Waals surface area (Å²) in [5.41, 5.74) is 8.31. The van der Waals surface area contributed by atoms with Gasteiger partial charge in [0.1, 0.15) is 5.69 Å². The van der Waals surface area contributed by atoms with Gasteiger partial charge in [-0.15, -0.1) is 11.3 Å². The van der Waals surface area contributed by atoms with E-state index in [0.717, 1.165) is 40.6 Å². The molecular weight excluding hydrogens is 636 g/mol. The number of aromatic nitrogens is 4. The number of fused-ring (bicyclic) bond motifs is 2. The summed E-state index contributed by atoms with van der Waals surface area (Å²) in [6.45, 7) is 5.29. The van der Waals surface area contributed by atoms with Gasteiger partial charge in [-0.1, -0.05) is 0 Å².